The molecule has 2 aromatic rings. The van der Waals surface area contributed by atoms with E-state index in [9.17, 15) is 22.8 Å². The molecule has 1 amide bonds. The van der Waals surface area contributed by atoms with Crippen molar-refractivity contribution in [1.29, 1.82) is 0 Å². The Morgan fingerprint density at radius 3 is 2.39 bits per heavy atom. The molecule has 28 heavy (non-hydrogen) atoms. The van der Waals surface area contributed by atoms with Crippen molar-refractivity contribution >= 4 is 23.8 Å². The Kier molecular flexibility index (Phi) is 6.40. The molecule has 0 radical (unpaired) electrons. The van der Waals surface area contributed by atoms with E-state index in [0.29, 0.717) is 11.3 Å². The fraction of sp³-hybridized carbons (Fsp3) is 0.211. The number of carbonyl (C=O) groups excluding carboxylic acids is 2. The van der Waals surface area contributed by atoms with Gasteiger partial charge in [0.15, 0.2) is 0 Å². The number of hydrazone groups is 1. The minimum atomic E-state index is -5.14. The highest BCUT2D eigenvalue weighted by Crippen LogP contribution is 2.28. The Morgan fingerprint density at radius 2 is 1.82 bits per heavy atom. The first-order valence-electron chi connectivity index (χ1n) is 7.95. The van der Waals surface area contributed by atoms with E-state index in [1.165, 1.54) is 39.3 Å². The van der Waals surface area contributed by atoms with Crippen molar-refractivity contribution in [2.24, 2.45) is 5.10 Å². The van der Waals surface area contributed by atoms with Crippen LogP contribution in [0.15, 0.2) is 47.6 Å². The molecule has 0 atom stereocenters. The third kappa shape index (κ3) is 4.87. The number of esters is 1. The first kappa shape index (κ1) is 20.9. The van der Waals surface area contributed by atoms with Crippen molar-refractivity contribution < 1.29 is 32.2 Å². The van der Waals surface area contributed by atoms with Crippen LogP contribution in [-0.2, 0) is 9.53 Å². The minimum absolute atomic E-state index is 0.117. The molecule has 2 rings (SSSR count). The number of ether oxygens (including phenoxy) is 2. The van der Waals surface area contributed by atoms with Gasteiger partial charge < -0.3 is 9.47 Å². The molecule has 0 heterocycles. The number of hydrogen-bond donors (Lipinski definition) is 0. The molecule has 0 aromatic heterocycles. The fourth-order valence-corrected chi connectivity index (χ4v) is 2.33. The van der Waals surface area contributed by atoms with Gasteiger partial charge in [0, 0.05) is 0 Å². The average molecular weight is 394 g/mol. The summed E-state index contributed by atoms with van der Waals surface area (Å²) in [6.07, 6.45) is -4.03. The van der Waals surface area contributed by atoms with Gasteiger partial charge in [-0.1, -0.05) is 12.1 Å². The van der Waals surface area contributed by atoms with Gasteiger partial charge in [-0.3, -0.25) is 4.79 Å². The van der Waals surface area contributed by atoms with Gasteiger partial charge in [0.05, 0.1) is 31.7 Å². The molecule has 0 bridgehead atoms. The predicted molar refractivity (Wildman–Crippen MR) is 96.6 cm³/mol. The zero-order chi connectivity index (χ0) is 20.9. The first-order chi connectivity index (χ1) is 13.2. The van der Waals surface area contributed by atoms with Crippen molar-refractivity contribution in [1.82, 2.24) is 0 Å². The van der Waals surface area contributed by atoms with Crippen LogP contribution in [-0.4, -0.2) is 38.5 Å². The van der Waals surface area contributed by atoms with Gasteiger partial charge in [-0.05, 0) is 48.4 Å². The Bertz CT molecular complexity index is 910. The normalized spacial score (nSPS) is 11.4. The summed E-state index contributed by atoms with van der Waals surface area (Å²) in [4.78, 5) is 23.5. The molecule has 0 aliphatic rings. The number of amides is 1. The predicted octanol–water partition coefficient (Wildman–Crippen LogP) is 3.72. The number of rotatable bonds is 5. The monoisotopic (exact) mass is 394 g/mol. The Labute approximate surface area is 159 Å². The average Bonchev–Trinajstić information content (AvgIpc) is 2.67. The summed E-state index contributed by atoms with van der Waals surface area (Å²) in [6.45, 7) is 1.46. The molecule has 148 valence electrons. The van der Waals surface area contributed by atoms with Crippen molar-refractivity contribution in [3.05, 3.63) is 59.2 Å². The van der Waals surface area contributed by atoms with Crippen molar-refractivity contribution in [3.8, 4) is 5.75 Å². The van der Waals surface area contributed by atoms with Crippen LogP contribution in [0.1, 0.15) is 21.5 Å². The summed E-state index contributed by atoms with van der Waals surface area (Å²) in [5.74, 6) is -2.33. The standard InChI is InChI=1S/C19H17F3N2O4/c1-12-9-14(17(25)28-3)7-8-16(12)24(18(26)19(20,21)22)23-11-13-5-4-6-15(10-13)27-2/h4-11H,1-3H3/b23-11+. The minimum Gasteiger partial charge on any atom is -0.497 e. The Balaban J connectivity index is 2.47. The number of carbonyl (C=O) groups is 2. The van der Waals surface area contributed by atoms with Crippen LogP contribution in [0.25, 0.3) is 0 Å². The van der Waals surface area contributed by atoms with E-state index >= 15 is 0 Å². The summed E-state index contributed by atoms with van der Waals surface area (Å²) in [5.41, 5.74) is 0.695. The van der Waals surface area contributed by atoms with Gasteiger partial charge in [0.2, 0.25) is 0 Å². The zero-order valence-electron chi connectivity index (χ0n) is 15.3. The van der Waals surface area contributed by atoms with Crippen LogP contribution < -0.4 is 9.75 Å². The topological polar surface area (TPSA) is 68.2 Å². The van der Waals surface area contributed by atoms with Gasteiger partial charge in [-0.15, -0.1) is 0 Å². The van der Waals surface area contributed by atoms with E-state index in [-0.39, 0.29) is 21.8 Å². The zero-order valence-corrected chi connectivity index (χ0v) is 15.3. The third-order valence-electron chi connectivity index (χ3n) is 3.70. The summed E-state index contributed by atoms with van der Waals surface area (Å²) in [7, 11) is 2.63. The van der Waals surface area contributed by atoms with Crippen LogP contribution in [0, 0.1) is 6.92 Å². The number of alkyl halides is 3. The van der Waals surface area contributed by atoms with E-state index in [4.69, 9.17) is 4.74 Å². The summed E-state index contributed by atoms with van der Waals surface area (Å²) in [5, 5.41) is 3.97. The molecule has 9 heteroatoms. The van der Waals surface area contributed by atoms with Crippen LogP contribution in [0.3, 0.4) is 0 Å². The molecule has 0 saturated heterocycles. The summed E-state index contributed by atoms with van der Waals surface area (Å²) >= 11 is 0. The number of hydrogen-bond acceptors (Lipinski definition) is 5. The lowest BCUT2D eigenvalue weighted by molar-refractivity contribution is -0.170. The number of halogens is 3. The lowest BCUT2D eigenvalue weighted by Gasteiger charge is -2.20. The van der Waals surface area contributed by atoms with Gasteiger partial charge in [-0.25, -0.2) is 4.79 Å². The highest BCUT2D eigenvalue weighted by atomic mass is 19.4. The molecule has 0 aliphatic heterocycles. The first-order valence-corrected chi connectivity index (χ1v) is 7.95. The van der Waals surface area contributed by atoms with E-state index in [2.05, 4.69) is 9.84 Å². The van der Waals surface area contributed by atoms with Gasteiger partial charge in [0.1, 0.15) is 5.75 Å². The quantitative estimate of drug-likeness (QED) is 0.440. The van der Waals surface area contributed by atoms with Gasteiger partial charge >= 0.3 is 18.1 Å². The lowest BCUT2D eigenvalue weighted by atomic mass is 10.1. The maximum atomic E-state index is 13.1. The Morgan fingerprint density at radius 1 is 1.11 bits per heavy atom. The second-order valence-electron chi connectivity index (χ2n) is 5.63. The maximum absolute atomic E-state index is 13.1. The molecular formula is C19H17F3N2O4. The SMILES string of the molecule is COC(=O)c1ccc(N(/N=C/c2cccc(OC)c2)C(=O)C(F)(F)F)c(C)c1. The van der Waals surface area contributed by atoms with Crippen molar-refractivity contribution in [2.45, 2.75) is 13.1 Å². The van der Waals surface area contributed by atoms with Gasteiger partial charge in [0.25, 0.3) is 0 Å². The van der Waals surface area contributed by atoms with E-state index in [1.54, 1.807) is 24.3 Å². The largest absolute Gasteiger partial charge is 0.497 e. The molecule has 2 aromatic carbocycles. The fourth-order valence-electron chi connectivity index (χ4n) is 2.33. The molecule has 0 N–H and O–H groups in total. The third-order valence-corrected chi connectivity index (χ3v) is 3.70. The van der Waals surface area contributed by atoms with Crippen molar-refractivity contribution in [2.75, 3.05) is 19.2 Å². The molecule has 0 fully saturated rings. The van der Waals surface area contributed by atoms with Crippen LogP contribution in [0.2, 0.25) is 0 Å². The smallest absolute Gasteiger partial charge is 0.473 e. The molecule has 0 unspecified atom stereocenters. The highest BCUT2D eigenvalue weighted by molar-refractivity contribution is 6.00. The lowest BCUT2D eigenvalue weighted by Crippen LogP contribution is -2.38. The maximum Gasteiger partial charge on any atom is 0.473 e. The number of benzene rings is 2. The number of aryl methyl sites for hydroxylation is 1. The van der Waals surface area contributed by atoms with Gasteiger partial charge in [-0.2, -0.15) is 23.3 Å². The highest BCUT2D eigenvalue weighted by Gasteiger charge is 2.43. The number of nitrogens with zero attached hydrogens (tertiary/aromatic N) is 2. The van der Waals surface area contributed by atoms with Crippen LogP contribution >= 0.6 is 0 Å². The van der Waals surface area contributed by atoms with Crippen molar-refractivity contribution in [3.63, 3.8) is 0 Å². The number of anilines is 1. The molecular weight excluding hydrogens is 377 g/mol. The van der Waals surface area contributed by atoms with E-state index in [1.807, 2.05) is 0 Å². The molecule has 6 nitrogen and oxygen atoms in total. The van der Waals surface area contributed by atoms with Crippen LogP contribution in [0.4, 0.5) is 18.9 Å². The molecule has 0 spiro atoms. The van der Waals surface area contributed by atoms with E-state index < -0.39 is 18.1 Å². The Hall–Kier alpha value is -3.36. The van der Waals surface area contributed by atoms with Crippen LogP contribution in [0.5, 0.6) is 5.75 Å². The molecule has 0 aliphatic carbocycles. The second kappa shape index (κ2) is 8.55. The van der Waals surface area contributed by atoms with E-state index in [0.717, 1.165) is 6.21 Å². The second-order valence-corrected chi connectivity index (χ2v) is 5.63. The summed E-state index contributed by atoms with van der Waals surface area (Å²) in [6, 6.07) is 10.2. The summed E-state index contributed by atoms with van der Waals surface area (Å²) < 4.78 is 48.8. The molecule has 0 saturated carbocycles. The number of methoxy groups -OCH3 is 2.